The fourth-order valence-corrected chi connectivity index (χ4v) is 6.48. The number of imidazole rings is 1. The zero-order chi connectivity index (χ0) is 27.6. The summed E-state index contributed by atoms with van der Waals surface area (Å²) in [6.45, 7) is 0.773. The highest BCUT2D eigenvalue weighted by Crippen LogP contribution is 2.42. The summed E-state index contributed by atoms with van der Waals surface area (Å²) in [4.78, 5) is 33.9. The van der Waals surface area contributed by atoms with Crippen LogP contribution in [0.15, 0.2) is 48.9 Å². The molecule has 1 saturated heterocycles. The number of fused-ring (bicyclic) bond motifs is 1. The standard InChI is InChI=1S/C30H26F2N6O2/c31-30(32)7-3-8-37(18-30)29(40)36-11-10-35-17-23(22-13-19(14-33)12-20(16-36)28(22)35)21-5-6-25(39)27(21)24-15-34-26-4-1-2-9-38(24)26/h1-2,4,9,12-13,15,17H,3,5-8,10-11,16,18H2. The van der Waals surface area contributed by atoms with Crippen molar-refractivity contribution in [2.45, 2.75) is 44.7 Å². The van der Waals surface area contributed by atoms with Gasteiger partial charge in [-0.05, 0) is 48.2 Å². The average Bonchev–Trinajstić information content (AvgIpc) is 3.60. The van der Waals surface area contributed by atoms with E-state index in [2.05, 4.69) is 15.6 Å². The van der Waals surface area contributed by atoms with Crippen molar-refractivity contribution in [1.82, 2.24) is 23.8 Å². The number of piperidine rings is 1. The number of benzene rings is 1. The Hall–Kier alpha value is -4.52. The first-order valence-electron chi connectivity index (χ1n) is 13.5. The Labute approximate surface area is 228 Å². The number of nitrogens with zero attached hydrogens (tertiary/aromatic N) is 6. The van der Waals surface area contributed by atoms with E-state index in [1.165, 1.54) is 4.90 Å². The third kappa shape index (κ3) is 3.87. The van der Waals surface area contributed by atoms with Crippen molar-refractivity contribution in [3.8, 4) is 6.07 Å². The summed E-state index contributed by atoms with van der Waals surface area (Å²) in [6, 6.07) is 11.1. The number of halogens is 2. The molecule has 1 fully saturated rings. The van der Waals surface area contributed by atoms with E-state index in [1.54, 1.807) is 17.2 Å². The number of ketones is 1. The topological polar surface area (TPSA) is 86.6 Å². The van der Waals surface area contributed by atoms with E-state index in [0.717, 1.165) is 38.9 Å². The molecule has 0 radical (unpaired) electrons. The predicted molar refractivity (Wildman–Crippen MR) is 144 cm³/mol. The van der Waals surface area contributed by atoms with Crippen LogP contribution in [0, 0.1) is 11.3 Å². The fourth-order valence-electron chi connectivity index (χ4n) is 6.48. The second-order valence-electron chi connectivity index (χ2n) is 10.8. The number of nitriles is 1. The van der Waals surface area contributed by atoms with Crippen LogP contribution >= 0.6 is 0 Å². The van der Waals surface area contributed by atoms with Crippen molar-refractivity contribution in [2.75, 3.05) is 19.6 Å². The maximum absolute atomic E-state index is 14.1. The fraction of sp³-hybridized carbons (Fsp3) is 0.333. The van der Waals surface area contributed by atoms with E-state index in [1.807, 2.05) is 41.1 Å². The minimum atomic E-state index is -2.88. The first kappa shape index (κ1) is 24.5. The lowest BCUT2D eigenvalue weighted by molar-refractivity contribution is -0.113. The molecule has 0 atom stereocenters. The average molecular weight is 541 g/mol. The van der Waals surface area contributed by atoms with Crippen LogP contribution in [0.1, 0.15) is 48.1 Å². The van der Waals surface area contributed by atoms with Crippen LogP contribution in [0.3, 0.4) is 0 Å². The van der Waals surface area contributed by atoms with Crippen LogP contribution in [0.4, 0.5) is 13.6 Å². The highest BCUT2D eigenvalue weighted by atomic mass is 19.3. The van der Waals surface area contributed by atoms with Gasteiger partial charge in [0.1, 0.15) is 5.65 Å². The molecule has 0 unspecified atom stereocenters. The second-order valence-corrected chi connectivity index (χ2v) is 10.8. The van der Waals surface area contributed by atoms with Crippen LogP contribution in [0.5, 0.6) is 0 Å². The smallest absolute Gasteiger partial charge is 0.320 e. The Bertz CT molecular complexity index is 1790. The molecule has 2 aliphatic heterocycles. The molecule has 1 aromatic carbocycles. The van der Waals surface area contributed by atoms with Crippen molar-refractivity contribution in [2.24, 2.45) is 0 Å². The summed E-state index contributed by atoms with van der Waals surface area (Å²) in [7, 11) is 0. The molecule has 2 amide bonds. The van der Waals surface area contributed by atoms with E-state index in [-0.39, 0.29) is 25.2 Å². The molecule has 10 heteroatoms. The largest absolute Gasteiger partial charge is 0.345 e. The number of aromatic nitrogens is 3. The minimum absolute atomic E-state index is 0.0559. The van der Waals surface area contributed by atoms with Crippen LogP contribution in [-0.4, -0.2) is 61.1 Å². The summed E-state index contributed by atoms with van der Waals surface area (Å²) in [6.07, 6.45) is 6.67. The van der Waals surface area contributed by atoms with Crippen LogP contribution in [0.25, 0.3) is 27.7 Å². The van der Waals surface area contributed by atoms with Gasteiger partial charge in [-0.25, -0.2) is 18.6 Å². The Balaban J connectivity index is 1.33. The van der Waals surface area contributed by atoms with Gasteiger partial charge in [-0.3, -0.25) is 9.20 Å². The van der Waals surface area contributed by atoms with Crippen LogP contribution in [-0.2, 0) is 17.9 Å². The minimum Gasteiger partial charge on any atom is -0.345 e. The Morgan fingerprint density at radius 2 is 1.98 bits per heavy atom. The number of hydrogen-bond acceptors (Lipinski definition) is 4. The number of Topliss-reactive ketones (excluding diaryl/α,β-unsaturated/α-hetero) is 1. The van der Waals surface area contributed by atoms with Gasteiger partial charge in [-0.2, -0.15) is 5.26 Å². The highest BCUT2D eigenvalue weighted by Gasteiger charge is 2.39. The number of amides is 2. The summed E-state index contributed by atoms with van der Waals surface area (Å²) in [5, 5.41) is 10.7. The quantitative estimate of drug-likeness (QED) is 0.354. The van der Waals surface area contributed by atoms with Crippen LogP contribution in [0.2, 0.25) is 0 Å². The van der Waals surface area contributed by atoms with Gasteiger partial charge in [0.15, 0.2) is 5.78 Å². The highest BCUT2D eigenvalue weighted by molar-refractivity contribution is 6.31. The number of urea groups is 1. The number of likely N-dealkylation sites (tertiary alicyclic amines) is 1. The van der Waals surface area contributed by atoms with Gasteiger partial charge in [-0.1, -0.05) is 6.07 Å². The van der Waals surface area contributed by atoms with Crippen molar-refractivity contribution < 1.29 is 18.4 Å². The molecule has 0 saturated carbocycles. The third-order valence-corrected chi connectivity index (χ3v) is 8.27. The Kier molecular flexibility index (Phi) is 5.52. The Morgan fingerprint density at radius 3 is 2.80 bits per heavy atom. The molecular weight excluding hydrogens is 514 g/mol. The lowest BCUT2D eigenvalue weighted by Gasteiger charge is -2.36. The van der Waals surface area contributed by atoms with E-state index in [4.69, 9.17) is 0 Å². The molecule has 1 aliphatic carbocycles. The molecule has 0 spiro atoms. The number of allylic oxidation sites excluding steroid dienone is 2. The summed E-state index contributed by atoms with van der Waals surface area (Å²) < 4.78 is 32.1. The molecule has 0 bridgehead atoms. The van der Waals surface area contributed by atoms with E-state index < -0.39 is 18.5 Å². The maximum Gasteiger partial charge on any atom is 0.320 e. The zero-order valence-electron chi connectivity index (χ0n) is 21.7. The molecule has 202 valence electrons. The van der Waals surface area contributed by atoms with Gasteiger partial charge >= 0.3 is 6.03 Å². The van der Waals surface area contributed by atoms with E-state index >= 15 is 0 Å². The molecule has 7 rings (SSSR count). The van der Waals surface area contributed by atoms with Crippen molar-refractivity contribution >= 4 is 39.5 Å². The number of rotatable bonds is 2. The molecule has 8 nitrogen and oxygen atoms in total. The maximum atomic E-state index is 14.1. The van der Waals surface area contributed by atoms with E-state index in [0.29, 0.717) is 43.6 Å². The van der Waals surface area contributed by atoms with Gasteiger partial charge in [-0.15, -0.1) is 0 Å². The lowest BCUT2D eigenvalue weighted by atomic mass is 9.97. The number of alkyl halides is 2. The summed E-state index contributed by atoms with van der Waals surface area (Å²) in [5.41, 5.74) is 6.09. The van der Waals surface area contributed by atoms with Crippen molar-refractivity contribution in [1.29, 1.82) is 5.26 Å². The van der Waals surface area contributed by atoms with Gasteiger partial charge in [0.25, 0.3) is 5.92 Å². The van der Waals surface area contributed by atoms with Gasteiger partial charge in [0.2, 0.25) is 0 Å². The summed E-state index contributed by atoms with van der Waals surface area (Å²) in [5.74, 6) is -2.82. The number of carbonyl (C=O) groups excluding carboxylic acids is 2. The number of hydrogen-bond donors (Lipinski definition) is 0. The Morgan fingerprint density at radius 1 is 1.10 bits per heavy atom. The number of pyridine rings is 1. The molecule has 40 heavy (non-hydrogen) atoms. The van der Waals surface area contributed by atoms with E-state index in [9.17, 15) is 23.6 Å². The monoisotopic (exact) mass is 540 g/mol. The second kappa shape index (κ2) is 9.01. The normalized spacial score (nSPS) is 19.0. The van der Waals surface area contributed by atoms with Gasteiger partial charge in [0.05, 0.1) is 35.6 Å². The SMILES string of the molecule is N#Cc1cc2c3c(c1)c(C1=C(c4cnc5ccccn45)C(=O)CC1)cn3CCN(C(=O)N1CCCC(F)(F)C1)C2. The lowest BCUT2D eigenvalue weighted by Crippen LogP contribution is -2.51. The first-order chi connectivity index (χ1) is 19.3. The third-order valence-electron chi connectivity index (χ3n) is 8.27. The van der Waals surface area contributed by atoms with Crippen molar-refractivity contribution in [3.63, 3.8) is 0 Å². The zero-order valence-corrected chi connectivity index (χ0v) is 21.7. The first-order valence-corrected chi connectivity index (χ1v) is 13.5. The molecule has 3 aliphatic rings. The molecular formula is C30H26F2N6O2. The summed E-state index contributed by atoms with van der Waals surface area (Å²) >= 11 is 0. The van der Waals surface area contributed by atoms with Gasteiger partial charge < -0.3 is 14.4 Å². The van der Waals surface area contributed by atoms with Crippen LogP contribution < -0.4 is 0 Å². The molecule has 4 aromatic rings. The van der Waals surface area contributed by atoms with Crippen molar-refractivity contribution in [3.05, 3.63) is 71.3 Å². The molecule has 5 heterocycles. The molecule has 3 aromatic heterocycles. The number of carbonyl (C=O) groups is 2. The van der Waals surface area contributed by atoms with Gasteiger partial charge in [0, 0.05) is 67.9 Å². The molecule has 0 N–H and O–H groups in total. The predicted octanol–water partition coefficient (Wildman–Crippen LogP) is 5.10.